The van der Waals surface area contributed by atoms with E-state index < -0.39 is 11.9 Å². The van der Waals surface area contributed by atoms with E-state index in [1.54, 1.807) is 12.1 Å². The molecule has 3 fully saturated rings. The Morgan fingerprint density at radius 1 is 1.11 bits per heavy atom. The lowest BCUT2D eigenvalue weighted by atomic mass is 9.72. The van der Waals surface area contributed by atoms with Crippen molar-refractivity contribution < 1.29 is 23.4 Å². The number of pyridine rings is 1. The summed E-state index contributed by atoms with van der Waals surface area (Å²) in [4.78, 5) is 28.7. The van der Waals surface area contributed by atoms with Crippen LogP contribution in [0.1, 0.15) is 41.5 Å². The Bertz CT molecular complexity index is 1900. The molecule has 5 heterocycles. The number of likely N-dealkylation sites (tertiary alicyclic amines) is 1. The molecule has 1 atom stereocenters. The number of amides is 1. The van der Waals surface area contributed by atoms with Crippen LogP contribution in [-0.4, -0.2) is 72.3 Å². The molecule has 8 rings (SSSR count). The van der Waals surface area contributed by atoms with E-state index in [-0.39, 0.29) is 28.6 Å². The molecule has 4 aromatic rings. The predicted octanol–water partition coefficient (Wildman–Crippen LogP) is 5.33. The molecular weight excluding hydrogens is 610 g/mol. The number of hydrogen-bond donors (Lipinski definition) is 1. The number of rotatable bonds is 5. The van der Waals surface area contributed by atoms with Gasteiger partial charge in [-0.1, -0.05) is 11.3 Å². The van der Waals surface area contributed by atoms with Crippen LogP contribution in [0.3, 0.4) is 0 Å². The quantitative estimate of drug-likeness (QED) is 0.312. The van der Waals surface area contributed by atoms with Crippen molar-refractivity contribution in [2.24, 2.45) is 11.3 Å². The number of aromatic nitrogens is 2. The first-order valence-corrected chi connectivity index (χ1v) is 16.4. The molecule has 46 heavy (non-hydrogen) atoms. The first-order valence-electron chi connectivity index (χ1n) is 15.6. The Hall–Kier alpha value is -4.18. The van der Waals surface area contributed by atoms with E-state index >= 15 is 4.39 Å². The molecule has 9 nitrogen and oxygen atoms in total. The van der Waals surface area contributed by atoms with Gasteiger partial charge in [0.05, 0.1) is 17.5 Å². The number of aliphatic hydroxyl groups excluding tert-OH is 1. The largest absolute Gasteiger partial charge is 0.387 e. The molecule has 3 saturated heterocycles. The van der Waals surface area contributed by atoms with Gasteiger partial charge in [-0.05, 0) is 62.1 Å². The topological polar surface area (TPSA) is 106 Å². The molecule has 1 unspecified atom stereocenters. The fourth-order valence-corrected chi connectivity index (χ4v) is 8.40. The zero-order valence-electron chi connectivity index (χ0n) is 25.3. The van der Waals surface area contributed by atoms with Crippen LogP contribution in [0.4, 0.5) is 25.3 Å². The van der Waals surface area contributed by atoms with Gasteiger partial charge in [-0.25, -0.2) is 18.7 Å². The van der Waals surface area contributed by atoms with Gasteiger partial charge in [0.2, 0.25) is 5.91 Å². The smallest absolute Gasteiger partial charge is 0.225 e. The minimum atomic E-state index is -0.799. The summed E-state index contributed by atoms with van der Waals surface area (Å²) < 4.78 is 34.9. The third kappa shape index (κ3) is 4.71. The number of carbonyl (C=O) groups excluding carboxylic acids is 1. The van der Waals surface area contributed by atoms with Gasteiger partial charge < -0.3 is 24.5 Å². The first kappa shape index (κ1) is 29.2. The summed E-state index contributed by atoms with van der Waals surface area (Å²) in [5, 5.41) is 21.8. The fourth-order valence-electron chi connectivity index (χ4n) is 7.55. The Kier molecular flexibility index (Phi) is 6.97. The van der Waals surface area contributed by atoms with Crippen LogP contribution in [0.15, 0.2) is 36.4 Å². The molecule has 2 aromatic heterocycles. The van der Waals surface area contributed by atoms with Crippen LogP contribution in [0.5, 0.6) is 0 Å². The summed E-state index contributed by atoms with van der Waals surface area (Å²) in [5.74, 6) is -0.577. The molecule has 1 amide bonds. The van der Waals surface area contributed by atoms with Crippen LogP contribution >= 0.6 is 11.3 Å². The number of halogens is 2. The van der Waals surface area contributed by atoms with Crippen molar-refractivity contribution in [3.63, 3.8) is 0 Å². The molecule has 1 N–H and O–H groups in total. The normalized spacial score (nSPS) is 20.4. The maximum Gasteiger partial charge on any atom is 0.225 e. The summed E-state index contributed by atoms with van der Waals surface area (Å²) in [6, 6.07) is 11.5. The van der Waals surface area contributed by atoms with E-state index in [9.17, 15) is 19.6 Å². The second-order valence-corrected chi connectivity index (χ2v) is 14.0. The van der Waals surface area contributed by atoms with Crippen LogP contribution in [0, 0.1) is 34.3 Å². The minimum Gasteiger partial charge on any atom is -0.387 e. The SMILES string of the molecule is CN(c1nc(-c2ccc(F)cc2)c(C#N)s1)c1c2c(nc3c(F)cc(N4CC5(CN(C(=O)C6CCOCC6)C5)C4)cc13)C(O)CC2. The number of benzene rings is 2. The van der Waals surface area contributed by atoms with Gasteiger partial charge in [-0.15, -0.1) is 0 Å². The van der Waals surface area contributed by atoms with Crippen molar-refractivity contribution in [3.8, 4) is 17.3 Å². The fraction of sp³-hybridized carbons (Fsp3) is 0.412. The Morgan fingerprint density at radius 2 is 1.85 bits per heavy atom. The number of hydrogen-bond acceptors (Lipinski definition) is 9. The van der Waals surface area contributed by atoms with E-state index in [0.717, 1.165) is 50.3 Å². The number of aliphatic hydroxyl groups is 1. The van der Waals surface area contributed by atoms with Gasteiger partial charge in [0.15, 0.2) is 10.9 Å². The maximum absolute atomic E-state index is 15.9. The summed E-state index contributed by atoms with van der Waals surface area (Å²) in [6.07, 6.45) is 1.81. The molecule has 3 aliphatic heterocycles. The van der Waals surface area contributed by atoms with Crippen LogP contribution in [0.2, 0.25) is 0 Å². The van der Waals surface area contributed by atoms with Crippen molar-refractivity contribution >= 4 is 44.7 Å². The van der Waals surface area contributed by atoms with E-state index in [4.69, 9.17) is 9.72 Å². The molecule has 1 spiro atoms. The van der Waals surface area contributed by atoms with E-state index in [2.05, 4.69) is 16.0 Å². The highest BCUT2D eigenvalue weighted by atomic mass is 32.1. The van der Waals surface area contributed by atoms with Gasteiger partial charge in [0, 0.05) is 80.0 Å². The van der Waals surface area contributed by atoms with Crippen LogP contribution < -0.4 is 9.80 Å². The van der Waals surface area contributed by atoms with Crippen LogP contribution in [-0.2, 0) is 16.0 Å². The zero-order valence-corrected chi connectivity index (χ0v) is 26.1. The number of nitriles is 1. The number of fused-ring (bicyclic) bond motifs is 2. The molecule has 0 saturated carbocycles. The number of thiazole rings is 1. The van der Waals surface area contributed by atoms with Crippen molar-refractivity contribution in [1.29, 1.82) is 5.26 Å². The average molecular weight is 643 g/mol. The average Bonchev–Trinajstić information content (AvgIpc) is 3.63. The molecular formula is C34H32F2N6O3S. The van der Waals surface area contributed by atoms with Crippen molar-refractivity contribution in [3.05, 3.63) is 64.2 Å². The molecule has 2 aromatic carbocycles. The predicted molar refractivity (Wildman–Crippen MR) is 170 cm³/mol. The van der Waals surface area contributed by atoms with Gasteiger partial charge in [0.1, 0.15) is 28.0 Å². The third-order valence-corrected chi connectivity index (χ3v) is 11.0. The van der Waals surface area contributed by atoms with E-state index in [0.29, 0.717) is 64.1 Å². The second kappa shape index (κ2) is 11.0. The standard InChI is InChI=1S/C34H32F2N6O3S/c1-40(33-39-28(27(14-37)46-33)19-2-4-21(35)5-3-19)31-23-6-7-26(43)30(23)38-29-24(31)12-22(13-25(29)36)41-15-34(16-41)17-42(18-34)32(44)20-8-10-45-11-9-20/h2-5,12-13,20,26,43H,6-11,15-18H2,1H3. The lowest BCUT2D eigenvalue weighted by Gasteiger charge is -2.61. The van der Waals surface area contributed by atoms with Gasteiger partial charge >= 0.3 is 0 Å². The van der Waals surface area contributed by atoms with Gasteiger partial charge in [-0.2, -0.15) is 5.26 Å². The summed E-state index contributed by atoms with van der Waals surface area (Å²) >= 11 is 1.20. The Labute approximate surface area is 268 Å². The molecule has 1 aliphatic carbocycles. The number of ether oxygens (including phenoxy) is 1. The Morgan fingerprint density at radius 3 is 2.57 bits per heavy atom. The van der Waals surface area contributed by atoms with Gasteiger partial charge in [-0.3, -0.25) is 4.79 Å². The lowest BCUT2D eigenvalue weighted by molar-refractivity contribution is -0.152. The highest BCUT2D eigenvalue weighted by molar-refractivity contribution is 7.16. The molecule has 12 heteroatoms. The second-order valence-electron chi connectivity index (χ2n) is 13.0. The van der Waals surface area contributed by atoms with Gasteiger partial charge in [0.25, 0.3) is 0 Å². The summed E-state index contributed by atoms with van der Waals surface area (Å²) in [7, 11) is 1.83. The molecule has 236 valence electrons. The molecule has 4 aliphatic rings. The summed E-state index contributed by atoms with van der Waals surface area (Å²) in [5.41, 5.74) is 4.01. The molecule has 0 bridgehead atoms. The van der Waals surface area contributed by atoms with Crippen molar-refractivity contribution in [2.45, 2.75) is 31.8 Å². The number of carbonyl (C=O) groups is 1. The van der Waals surface area contributed by atoms with Crippen LogP contribution in [0.25, 0.3) is 22.2 Å². The zero-order chi connectivity index (χ0) is 31.7. The summed E-state index contributed by atoms with van der Waals surface area (Å²) in [6.45, 7) is 4.19. The number of nitrogens with zero attached hydrogens (tertiary/aromatic N) is 6. The first-order chi connectivity index (χ1) is 22.2. The Balaban J connectivity index is 1.11. The lowest BCUT2D eigenvalue weighted by Crippen LogP contribution is -2.73. The highest BCUT2D eigenvalue weighted by Gasteiger charge is 2.54. The van der Waals surface area contributed by atoms with E-state index in [1.165, 1.54) is 29.5 Å². The van der Waals surface area contributed by atoms with Crippen molar-refractivity contribution in [2.75, 3.05) is 56.2 Å². The maximum atomic E-state index is 15.9. The monoisotopic (exact) mass is 642 g/mol. The molecule has 0 radical (unpaired) electrons. The van der Waals surface area contributed by atoms with Crippen molar-refractivity contribution in [1.82, 2.24) is 14.9 Å². The third-order valence-electron chi connectivity index (χ3n) is 9.92. The van der Waals surface area contributed by atoms with E-state index in [1.807, 2.05) is 22.9 Å². The number of anilines is 3. The minimum absolute atomic E-state index is 0.0253. The highest BCUT2D eigenvalue weighted by Crippen LogP contribution is 2.48.